The van der Waals surface area contributed by atoms with Crippen molar-refractivity contribution in [2.45, 2.75) is 23.9 Å². The second-order valence-corrected chi connectivity index (χ2v) is 5.70. The minimum atomic E-state index is -1.02. The highest BCUT2D eigenvalue weighted by Gasteiger charge is 2.20. The maximum absolute atomic E-state index is 13.4. The number of halogens is 1. The van der Waals surface area contributed by atoms with Crippen molar-refractivity contribution < 1.29 is 23.5 Å². The third-order valence-electron chi connectivity index (χ3n) is 2.67. The van der Waals surface area contributed by atoms with E-state index in [2.05, 4.69) is 30.6 Å². The first-order chi connectivity index (χ1) is 12.3. The Bertz CT molecular complexity index is 791. The third kappa shape index (κ3) is 4.99. The Kier molecular flexibility index (Phi) is 6.22. The van der Waals surface area contributed by atoms with Gasteiger partial charge in [-0.2, -0.15) is 14.4 Å². The van der Waals surface area contributed by atoms with Crippen LogP contribution in [-0.4, -0.2) is 46.0 Å². The molecule has 0 saturated heterocycles. The number of ether oxygens (including phenoxy) is 2. The molecule has 0 spiro atoms. The highest BCUT2D eigenvalue weighted by Crippen LogP contribution is 2.38. The summed E-state index contributed by atoms with van der Waals surface area (Å²) in [6.07, 6.45) is -1.02. The third-order valence-corrected chi connectivity index (χ3v) is 3.59. The molecule has 0 saturated carbocycles. The van der Waals surface area contributed by atoms with Crippen molar-refractivity contribution in [2.24, 2.45) is 0 Å². The Hall–Kier alpha value is -3.02. The molecule has 10 nitrogen and oxygen atoms in total. The van der Waals surface area contributed by atoms with Crippen molar-refractivity contribution in [1.82, 2.24) is 19.9 Å². The maximum Gasteiger partial charge on any atom is 0.315 e. The van der Waals surface area contributed by atoms with Crippen LogP contribution in [0.4, 0.5) is 16.0 Å². The van der Waals surface area contributed by atoms with E-state index < -0.39 is 6.08 Å². The summed E-state index contributed by atoms with van der Waals surface area (Å²) in [5.74, 6) is -0.523. The SMILES string of the molecule is COc1nc(F)nc(OC)c1Sc1nc(NC(C)=O)cc(NC(C)=O)n1. The quantitative estimate of drug-likeness (QED) is 0.714. The number of carbonyl (C=O) groups is 2. The summed E-state index contributed by atoms with van der Waals surface area (Å²) < 4.78 is 23.5. The highest BCUT2D eigenvalue weighted by molar-refractivity contribution is 7.99. The van der Waals surface area contributed by atoms with Crippen LogP contribution in [0, 0.1) is 6.08 Å². The van der Waals surface area contributed by atoms with Crippen LogP contribution in [0.1, 0.15) is 13.8 Å². The van der Waals surface area contributed by atoms with Gasteiger partial charge in [-0.25, -0.2) is 9.97 Å². The molecule has 0 aromatic carbocycles. The molecule has 26 heavy (non-hydrogen) atoms. The monoisotopic (exact) mass is 382 g/mol. The zero-order chi connectivity index (χ0) is 19.3. The largest absolute Gasteiger partial charge is 0.480 e. The van der Waals surface area contributed by atoms with E-state index in [9.17, 15) is 14.0 Å². The number of nitrogens with one attached hydrogen (secondary N) is 2. The first-order valence-electron chi connectivity index (χ1n) is 7.10. The van der Waals surface area contributed by atoms with Gasteiger partial charge in [-0.1, -0.05) is 0 Å². The molecule has 2 aromatic rings. The zero-order valence-corrected chi connectivity index (χ0v) is 15.1. The number of hydrogen-bond acceptors (Lipinski definition) is 9. The van der Waals surface area contributed by atoms with Crippen molar-refractivity contribution in [1.29, 1.82) is 0 Å². The Morgan fingerprint density at radius 1 is 0.962 bits per heavy atom. The first-order valence-corrected chi connectivity index (χ1v) is 7.91. The van der Waals surface area contributed by atoms with Gasteiger partial charge in [0, 0.05) is 19.9 Å². The van der Waals surface area contributed by atoms with Crippen LogP contribution in [0.5, 0.6) is 11.8 Å². The van der Waals surface area contributed by atoms with E-state index in [0.717, 1.165) is 11.8 Å². The van der Waals surface area contributed by atoms with Gasteiger partial charge in [0.1, 0.15) is 16.5 Å². The van der Waals surface area contributed by atoms with Crippen LogP contribution in [0.25, 0.3) is 0 Å². The Morgan fingerprint density at radius 2 is 1.42 bits per heavy atom. The van der Waals surface area contributed by atoms with Gasteiger partial charge in [0.05, 0.1) is 14.2 Å². The number of carbonyl (C=O) groups excluding carboxylic acids is 2. The van der Waals surface area contributed by atoms with Crippen LogP contribution in [-0.2, 0) is 9.59 Å². The van der Waals surface area contributed by atoms with Crippen molar-refractivity contribution in [3.8, 4) is 11.8 Å². The molecule has 2 N–H and O–H groups in total. The van der Waals surface area contributed by atoms with Crippen LogP contribution in [0.15, 0.2) is 16.1 Å². The maximum atomic E-state index is 13.4. The van der Waals surface area contributed by atoms with Gasteiger partial charge in [-0.05, 0) is 11.8 Å². The lowest BCUT2D eigenvalue weighted by Gasteiger charge is -2.11. The van der Waals surface area contributed by atoms with E-state index in [1.54, 1.807) is 0 Å². The summed E-state index contributed by atoms with van der Waals surface area (Å²) in [4.78, 5) is 38.2. The summed E-state index contributed by atoms with van der Waals surface area (Å²) in [5, 5.41) is 5.12. The van der Waals surface area contributed by atoms with Crippen molar-refractivity contribution in [3.05, 3.63) is 12.1 Å². The fourth-order valence-electron chi connectivity index (χ4n) is 1.80. The second-order valence-electron chi connectivity index (χ2n) is 4.73. The molecule has 2 amide bonds. The van der Waals surface area contributed by atoms with Gasteiger partial charge >= 0.3 is 6.08 Å². The van der Waals surface area contributed by atoms with Crippen LogP contribution >= 0.6 is 11.8 Å². The second kappa shape index (κ2) is 8.38. The zero-order valence-electron chi connectivity index (χ0n) is 14.3. The topological polar surface area (TPSA) is 128 Å². The molecule has 0 atom stereocenters. The van der Waals surface area contributed by atoms with Gasteiger partial charge < -0.3 is 20.1 Å². The lowest BCUT2D eigenvalue weighted by atomic mass is 10.5. The lowest BCUT2D eigenvalue weighted by molar-refractivity contribution is -0.115. The Labute approximate surface area is 151 Å². The number of methoxy groups -OCH3 is 2. The highest BCUT2D eigenvalue weighted by atomic mass is 32.2. The molecule has 0 unspecified atom stereocenters. The predicted molar refractivity (Wildman–Crippen MR) is 89.9 cm³/mol. The fourth-order valence-corrected chi connectivity index (χ4v) is 2.70. The first kappa shape index (κ1) is 19.3. The van der Waals surface area contributed by atoms with Crippen LogP contribution in [0.2, 0.25) is 0 Å². The van der Waals surface area contributed by atoms with E-state index in [1.807, 2.05) is 0 Å². The van der Waals surface area contributed by atoms with Gasteiger partial charge in [0.2, 0.25) is 23.6 Å². The standard InChI is InChI=1S/C14H15FN6O4S/c1-6(22)16-8-5-9(17-7(2)23)19-14(18-8)26-10-11(24-3)20-13(15)21-12(10)25-4/h5H,1-4H3,(H2,16,17,18,19,22,23). The van der Waals surface area contributed by atoms with E-state index in [4.69, 9.17) is 9.47 Å². The summed E-state index contributed by atoms with van der Waals surface area (Å²) >= 11 is 0.915. The van der Waals surface area contributed by atoms with Crippen molar-refractivity contribution >= 4 is 35.2 Å². The molecule has 2 rings (SSSR count). The van der Waals surface area contributed by atoms with Gasteiger partial charge in [-0.15, -0.1) is 0 Å². The molecule has 0 aliphatic rings. The van der Waals surface area contributed by atoms with E-state index in [1.165, 1.54) is 34.1 Å². The number of hydrogen-bond donors (Lipinski definition) is 2. The summed E-state index contributed by atoms with van der Waals surface area (Å²) in [7, 11) is 2.62. The fraction of sp³-hybridized carbons (Fsp3) is 0.286. The lowest BCUT2D eigenvalue weighted by Crippen LogP contribution is -2.12. The molecule has 0 aliphatic heterocycles. The van der Waals surface area contributed by atoms with E-state index in [-0.39, 0.29) is 45.3 Å². The molecule has 12 heteroatoms. The minimum absolute atomic E-state index is 0.0750. The number of amides is 2. The van der Waals surface area contributed by atoms with Crippen LogP contribution in [0.3, 0.4) is 0 Å². The summed E-state index contributed by atoms with van der Waals surface area (Å²) in [6.45, 7) is 2.62. The molecule has 2 heterocycles. The molecule has 0 bridgehead atoms. The van der Waals surface area contributed by atoms with Crippen LogP contribution < -0.4 is 20.1 Å². The van der Waals surface area contributed by atoms with Crippen molar-refractivity contribution in [2.75, 3.05) is 24.9 Å². The minimum Gasteiger partial charge on any atom is -0.480 e. The number of nitrogens with zero attached hydrogens (tertiary/aromatic N) is 4. The molecule has 0 aliphatic carbocycles. The van der Waals surface area contributed by atoms with Gasteiger partial charge in [0.25, 0.3) is 0 Å². The smallest absolute Gasteiger partial charge is 0.315 e. The van der Waals surface area contributed by atoms with E-state index >= 15 is 0 Å². The Balaban J connectivity index is 2.48. The summed E-state index contributed by atoms with van der Waals surface area (Å²) in [6, 6.07) is 1.39. The van der Waals surface area contributed by atoms with E-state index in [0.29, 0.717) is 0 Å². The molecule has 0 radical (unpaired) electrons. The number of anilines is 2. The molecule has 2 aromatic heterocycles. The number of aromatic nitrogens is 4. The average Bonchev–Trinajstić information content (AvgIpc) is 2.54. The normalized spacial score (nSPS) is 10.2. The van der Waals surface area contributed by atoms with Gasteiger partial charge in [0.15, 0.2) is 5.16 Å². The van der Waals surface area contributed by atoms with Crippen molar-refractivity contribution in [3.63, 3.8) is 0 Å². The summed E-state index contributed by atoms with van der Waals surface area (Å²) in [5.41, 5.74) is 0. The molecular weight excluding hydrogens is 367 g/mol. The number of rotatable bonds is 6. The molecule has 138 valence electrons. The average molecular weight is 382 g/mol. The Morgan fingerprint density at radius 3 is 1.81 bits per heavy atom. The predicted octanol–water partition coefficient (Wildman–Crippen LogP) is 1.49. The molecular formula is C14H15FN6O4S. The molecule has 0 fully saturated rings. The van der Waals surface area contributed by atoms with Gasteiger partial charge in [-0.3, -0.25) is 9.59 Å².